The normalized spacial score (nSPS) is 11.4. The molecule has 0 aliphatic rings. The number of halogens is 1. The molecular weight excluding hydrogens is 373 g/mol. The van der Waals surface area contributed by atoms with E-state index in [1.165, 1.54) is 13.0 Å². The Morgan fingerprint density at radius 2 is 2.00 bits per heavy atom. The van der Waals surface area contributed by atoms with E-state index in [0.717, 1.165) is 18.2 Å². The number of carbonyl (C=O) groups excluding carboxylic acids is 2. The zero-order valence-corrected chi connectivity index (χ0v) is 14.8. The number of ether oxygens (including phenoxy) is 1. The number of para-hydroxylation sites is 1. The third kappa shape index (κ3) is 5.24. The quantitative estimate of drug-likeness (QED) is 0.357. The van der Waals surface area contributed by atoms with Crippen molar-refractivity contribution in [3.05, 3.63) is 64.0 Å². The number of carbonyl (C=O) groups is 2. The van der Waals surface area contributed by atoms with Gasteiger partial charge in [-0.15, -0.1) is 0 Å². The largest absolute Gasteiger partial charge is 0.449 e. The van der Waals surface area contributed by atoms with E-state index >= 15 is 0 Å². The lowest BCUT2D eigenvalue weighted by atomic mass is 10.1. The average molecular weight is 391 g/mol. The number of aliphatic hydroxyl groups excluding tert-OH is 1. The van der Waals surface area contributed by atoms with Gasteiger partial charge in [0.25, 0.3) is 5.91 Å². The number of nitro groups is 1. The Bertz CT molecular complexity index is 889. The van der Waals surface area contributed by atoms with Crippen molar-refractivity contribution in [3.8, 4) is 0 Å². The molecule has 0 heterocycles. The molecule has 0 aliphatic carbocycles. The summed E-state index contributed by atoms with van der Waals surface area (Å²) in [5, 5.41) is 24.8. The number of rotatable bonds is 8. The third-order valence-electron chi connectivity index (χ3n) is 3.64. The Morgan fingerprint density at radius 1 is 1.29 bits per heavy atom. The average Bonchev–Trinajstić information content (AvgIpc) is 2.67. The van der Waals surface area contributed by atoms with E-state index in [0.29, 0.717) is 5.69 Å². The standard InChI is InChI=1S/C18H18FN3O6/c1-11(17(24)21-12-6-7-14(19)16(10-12)22(26)27)28-18(25)13-4-2-3-5-15(13)20-8-9-23/h2-7,10-11,20,23H,8-9H2,1H3,(H,21,24)/t11-/m0/s1. The van der Waals surface area contributed by atoms with Gasteiger partial charge in [-0.25, -0.2) is 4.79 Å². The van der Waals surface area contributed by atoms with Crippen molar-refractivity contribution in [2.24, 2.45) is 0 Å². The maximum Gasteiger partial charge on any atom is 0.341 e. The van der Waals surface area contributed by atoms with Crippen molar-refractivity contribution >= 4 is 28.9 Å². The van der Waals surface area contributed by atoms with Crippen molar-refractivity contribution in [1.29, 1.82) is 0 Å². The molecule has 0 aromatic heterocycles. The van der Waals surface area contributed by atoms with Gasteiger partial charge in [-0.3, -0.25) is 14.9 Å². The third-order valence-corrected chi connectivity index (χ3v) is 3.64. The Balaban J connectivity index is 2.06. The number of nitro benzene ring substituents is 1. The van der Waals surface area contributed by atoms with Gasteiger partial charge in [-0.1, -0.05) is 12.1 Å². The number of nitrogens with one attached hydrogen (secondary N) is 2. The minimum absolute atomic E-state index is 0.00832. The predicted molar refractivity (Wildman–Crippen MR) is 98.6 cm³/mol. The van der Waals surface area contributed by atoms with Gasteiger partial charge in [-0.05, 0) is 31.2 Å². The first-order valence-corrected chi connectivity index (χ1v) is 8.23. The zero-order chi connectivity index (χ0) is 20.7. The molecule has 0 radical (unpaired) electrons. The second kappa shape index (κ2) is 9.42. The van der Waals surface area contributed by atoms with E-state index in [2.05, 4.69) is 10.6 Å². The van der Waals surface area contributed by atoms with Crippen molar-refractivity contribution in [1.82, 2.24) is 0 Å². The first-order valence-electron chi connectivity index (χ1n) is 8.23. The van der Waals surface area contributed by atoms with Crippen LogP contribution in [0.5, 0.6) is 0 Å². The molecule has 9 nitrogen and oxygen atoms in total. The highest BCUT2D eigenvalue weighted by molar-refractivity contribution is 5.99. The molecule has 0 aliphatic heterocycles. The molecule has 3 N–H and O–H groups in total. The van der Waals surface area contributed by atoms with Crippen LogP contribution in [-0.2, 0) is 9.53 Å². The van der Waals surface area contributed by atoms with Gasteiger partial charge in [0.15, 0.2) is 6.10 Å². The fourth-order valence-electron chi connectivity index (χ4n) is 2.26. The van der Waals surface area contributed by atoms with E-state index in [9.17, 15) is 24.1 Å². The highest BCUT2D eigenvalue weighted by Crippen LogP contribution is 2.22. The van der Waals surface area contributed by atoms with Gasteiger partial charge in [0, 0.05) is 24.0 Å². The molecule has 2 rings (SSSR count). The van der Waals surface area contributed by atoms with Crippen molar-refractivity contribution < 1.29 is 28.7 Å². The molecular formula is C18H18FN3O6. The molecule has 2 aromatic rings. The molecule has 0 unspecified atom stereocenters. The summed E-state index contributed by atoms with van der Waals surface area (Å²) in [4.78, 5) is 34.4. The molecule has 0 fully saturated rings. The summed E-state index contributed by atoms with van der Waals surface area (Å²) < 4.78 is 18.5. The van der Waals surface area contributed by atoms with Gasteiger partial charge in [0.05, 0.1) is 17.1 Å². The van der Waals surface area contributed by atoms with Crippen molar-refractivity contribution in [3.63, 3.8) is 0 Å². The minimum atomic E-state index is -1.22. The summed E-state index contributed by atoms with van der Waals surface area (Å²) in [6, 6.07) is 9.30. The number of hydrogen-bond donors (Lipinski definition) is 3. The molecule has 0 bridgehead atoms. The first-order chi connectivity index (χ1) is 13.3. The summed E-state index contributed by atoms with van der Waals surface area (Å²) in [6.45, 7) is 1.42. The fourth-order valence-corrected chi connectivity index (χ4v) is 2.26. The molecule has 0 spiro atoms. The second-order valence-corrected chi connectivity index (χ2v) is 5.66. The number of esters is 1. The molecule has 1 amide bonds. The minimum Gasteiger partial charge on any atom is -0.449 e. The van der Waals surface area contributed by atoms with E-state index in [1.807, 2.05) is 0 Å². The SMILES string of the molecule is C[C@H](OC(=O)c1ccccc1NCCO)C(=O)Nc1ccc(F)c([N+](=O)[O-])c1. The number of hydrogen-bond acceptors (Lipinski definition) is 7. The summed E-state index contributed by atoms with van der Waals surface area (Å²) in [6.07, 6.45) is -1.22. The Labute approximate surface area is 159 Å². The maximum atomic E-state index is 13.4. The number of aliphatic hydroxyl groups is 1. The summed E-state index contributed by atoms with van der Waals surface area (Å²) in [5.41, 5.74) is -0.186. The molecule has 148 valence electrons. The van der Waals surface area contributed by atoms with Crippen LogP contribution in [-0.4, -0.2) is 41.2 Å². The van der Waals surface area contributed by atoms with Crippen LogP contribution >= 0.6 is 0 Å². The lowest BCUT2D eigenvalue weighted by Crippen LogP contribution is -2.30. The number of amides is 1. The first kappa shape index (κ1) is 20.8. The summed E-state index contributed by atoms with van der Waals surface area (Å²) in [5.74, 6) is -2.54. The number of anilines is 2. The highest BCUT2D eigenvalue weighted by atomic mass is 19.1. The van der Waals surface area contributed by atoms with Crippen LogP contribution in [0.3, 0.4) is 0 Å². The molecule has 0 saturated heterocycles. The van der Waals surface area contributed by atoms with E-state index in [-0.39, 0.29) is 24.4 Å². The van der Waals surface area contributed by atoms with Crippen LogP contribution in [0.2, 0.25) is 0 Å². The van der Waals surface area contributed by atoms with Crippen LogP contribution in [0.1, 0.15) is 17.3 Å². The predicted octanol–water partition coefficient (Wildman–Crippen LogP) is 2.32. The van der Waals surface area contributed by atoms with Crippen LogP contribution in [0.25, 0.3) is 0 Å². The second-order valence-electron chi connectivity index (χ2n) is 5.66. The Hall–Kier alpha value is -3.53. The number of benzene rings is 2. The van der Waals surface area contributed by atoms with E-state index in [1.54, 1.807) is 18.2 Å². The van der Waals surface area contributed by atoms with E-state index < -0.39 is 34.4 Å². The van der Waals surface area contributed by atoms with Gasteiger partial charge < -0.3 is 20.5 Å². The molecule has 2 aromatic carbocycles. The summed E-state index contributed by atoms with van der Waals surface area (Å²) >= 11 is 0. The topological polar surface area (TPSA) is 131 Å². The lowest BCUT2D eigenvalue weighted by molar-refractivity contribution is -0.387. The summed E-state index contributed by atoms with van der Waals surface area (Å²) in [7, 11) is 0. The lowest BCUT2D eigenvalue weighted by Gasteiger charge is -2.15. The van der Waals surface area contributed by atoms with Crippen molar-refractivity contribution in [2.75, 3.05) is 23.8 Å². The van der Waals surface area contributed by atoms with Gasteiger partial charge in [-0.2, -0.15) is 4.39 Å². The number of nitrogens with zero attached hydrogens (tertiary/aromatic N) is 1. The van der Waals surface area contributed by atoms with Gasteiger partial charge in [0.2, 0.25) is 5.82 Å². The smallest absolute Gasteiger partial charge is 0.341 e. The van der Waals surface area contributed by atoms with Crippen LogP contribution in [0, 0.1) is 15.9 Å². The zero-order valence-electron chi connectivity index (χ0n) is 14.8. The molecule has 28 heavy (non-hydrogen) atoms. The Morgan fingerprint density at radius 3 is 2.68 bits per heavy atom. The van der Waals surface area contributed by atoms with Crippen LogP contribution in [0.4, 0.5) is 21.5 Å². The van der Waals surface area contributed by atoms with Gasteiger partial charge in [0.1, 0.15) is 0 Å². The van der Waals surface area contributed by atoms with Gasteiger partial charge >= 0.3 is 11.7 Å². The van der Waals surface area contributed by atoms with E-state index in [4.69, 9.17) is 9.84 Å². The van der Waals surface area contributed by atoms with Crippen molar-refractivity contribution in [2.45, 2.75) is 13.0 Å². The molecule has 10 heteroatoms. The molecule has 0 saturated carbocycles. The monoisotopic (exact) mass is 391 g/mol. The Kier molecular flexibility index (Phi) is 6.99. The maximum absolute atomic E-state index is 13.4. The van der Waals surface area contributed by atoms with Crippen LogP contribution < -0.4 is 10.6 Å². The molecule has 1 atom stereocenters. The van der Waals surface area contributed by atoms with Crippen LogP contribution in [0.15, 0.2) is 42.5 Å². The highest BCUT2D eigenvalue weighted by Gasteiger charge is 2.22. The fraction of sp³-hybridized carbons (Fsp3) is 0.222.